The summed E-state index contributed by atoms with van der Waals surface area (Å²) in [6.07, 6.45) is 0.258. The van der Waals surface area contributed by atoms with E-state index < -0.39 is 11.7 Å². The van der Waals surface area contributed by atoms with E-state index in [0.717, 1.165) is 33.8 Å². The third-order valence-corrected chi connectivity index (χ3v) is 5.01. The first kappa shape index (κ1) is 21.6. The molecule has 5 nitrogen and oxygen atoms in total. The Morgan fingerprint density at radius 1 is 0.969 bits per heavy atom. The summed E-state index contributed by atoms with van der Waals surface area (Å²) in [5, 5.41) is 2.89. The summed E-state index contributed by atoms with van der Waals surface area (Å²) in [6.45, 7) is 5.94. The first-order valence-electron chi connectivity index (χ1n) is 10.8. The van der Waals surface area contributed by atoms with Gasteiger partial charge in [-0.25, -0.2) is 9.79 Å². The average Bonchev–Trinajstić information content (AvgIpc) is 2.77. The fourth-order valence-electron chi connectivity index (χ4n) is 3.61. The Bertz CT molecular complexity index is 1060. The van der Waals surface area contributed by atoms with Crippen molar-refractivity contribution in [1.29, 1.82) is 0 Å². The molecule has 3 aromatic carbocycles. The van der Waals surface area contributed by atoms with Crippen LogP contribution in [0, 0.1) is 0 Å². The zero-order chi connectivity index (χ0) is 22.6. The molecule has 1 aliphatic heterocycles. The number of nitrogens with one attached hydrogen (secondary N) is 1. The fourth-order valence-corrected chi connectivity index (χ4v) is 3.61. The predicted octanol–water partition coefficient (Wildman–Crippen LogP) is 5.68. The quantitative estimate of drug-likeness (QED) is 0.544. The maximum atomic E-state index is 12.1. The zero-order valence-electron chi connectivity index (χ0n) is 18.7. The molecular weight excluding hydrogens is 400 g/mol. The summed E-state index contributed by atoms with van der Waals surface area (Å²) in [5.41, 5.74) is 4.35. The van der Waals surface area contributed by atoms with Gasteiger partial charge in [0.15, 0.2) is 0 Å². The number of carbonyl (C=O) groups excluding carboxylic acids is 1. The summed E-state index contributed by atoms with van der Waals surface area (Å²) in [7, 11) is 0. The van der Waals surface area contributed by atoms with Gasteiger partial charge in [-0.1, -0.05) is 66.7 Å². The van der Waals surface area contributed by atoms with Crippen LogP contribution in [-0.4, -0.2) is 30.1 Å². The Morgan fingerprint density at radius 2 is 1.59 bits per heavy atom. The van der Waals surface area contributed by atoms with Gasteiger partial charge >= 0.3 is 6.09 Å². The summed E-state index contributed by atoms with van der Waals surface area (Å²) >= 11 is 0. The number of hydrogen-bond donors (Lipinski definition) is 1. The van der Waals surface area contributed by atoms with Gasteiger partial charge in [0, 0.05) is 17.2 Å². The third kappa shape index (κ3) is 5.55. The van der Waals surface area contributed by atoms with E-state index in [2.05, 4.69) is 29.6 Å². The Balaban J connectivity index is 1.55. The molecule has 1 unspecified atom stereocenters. The normalized spacial score (nSPS) is 15.2. The van der Waals surface area contributed by atoms with Gasteiger partial charge in [-0.3, -0.25) is 0 Å². The lowest BCUT2D eigenvalue weighted by Gasteiger charge is -2.27. The molecule has 1 aliphatic rings. The average molecular weight is 429 g/mol. The topological polar surface area (TPSA) is 59.9 Å². The van der Waals surface area contributed by atoms with Crippen LogP contribution in [0.15, 0.2) is 83.9 Å². The molecule has 0 saturated heterocycles. The van der Waals surface area contributed by atoms with Gasteiger partial charge in [-0.2, -0.15) is 0 Å². The van der Waals surface area contributed by atoms with Crippen LogP contribution in [0.2, 0.25) is 0 Å². The number of fused-ring (bicyclic) bond motifs is 1. The second-order valence-corrected chi connectivity index (χ2v) is 8.84. The van der Waals surface area contributed by atoms with Gasteiger partial charge < -0.3 is 14.8 Å². The minimum absolute atomic E-state index is 0.129. The van der Waals surface area contributed by atoms with Crippen LogP contribution in [-0.2, 0) is 11.2 Å². The number of rotatable bonds is 4. The summed E-state index contributed by atoms with van der Waals surface area (Å²) in [6, 6.07) is 26.2. The molecule has 0 saturated carbocycles. The molecular formula is C27H28N2O3. The third-order valence-electron chi connectivity index (χ3n) is 5.01. The van der Waals surface area contributed by atoms with E-state index in [1.165, 1.54) is 0 Å². The number of ether oxygens (including phenoxy) is 2. The molecule has 4 rings (SSSR count). The maximum Gasteiger partial charge on any atom is 0.408 e. The van der Waals surface area contributed by atoms with Crippen LogP contribution in [0.1, 0.15) is 37.5 Å². The van der Waals surface area contributed by atoms with E-state index in [0.29, 0.717) is 13.0 Å². The number of hydrogen-bond acceptors (Lipinski definition) is 4. The summed E-state index contributed by atoms with van der Waals surface area (Å²) in [4.78, 5) is 17.0. The molecule has 164 valence electrons. The summed E-state index contributed by atoms with van der Waals surface area (Å²) in [5.74, 6) is 0.800. The lowest BCUT2D eigenvalue weighted by atomic mass is 10.0. The van der Waals surface area contributed by atoms with Crippen LogP contribution >= 0.6 is 0 Å². The number of aliphatic imine (C=N–C) groups is 1. The number of benzene rings is 3. The highest BCUT2D eigenvalue weighted by Crippen LogP contribution is 2.30. The van der Waals surface area contributed by atoms with Gasteiger partial charge in [-0.05, 0) is 38.8 Å². The molecule has 3 aromatic rings. The number of carbonyl (C=O) groups is 1. The van der Waals surface area contributed by atoms with E-state index in [-0.39, 0.29) is 6.04 Å². The van der Waals surface area contributed by atoms with Gasteiger partial charge in [-0.15, -0.1) is 0 Å². The molecule has 32 heavy (non-hydrogen) atoms. The van der Waals surface area contributed by atoms with E-state index in [4.69, 9.17) is 14.5 Å². The second-order valence-electron chi connectivity index (χ2n) is 8.84. The molecule has 0 bridgehead atoms. The molecule has 0 spiro atoms. The van der Waals surface area contributed by atoms with Gasteiger partial charge in [0.2, 0.25) is 0 Å². The van der Waals surface area contributed by atoms with Crippen molar-refractivity contribution in [2.75, 3.05) is 6.61 Å². The van der Waals surface area contributed by atoms with E-state index in [1.54, 1.807) is 0 Å². The highest BCUT2D eigenvalue weighted by molar-refractivity contribution is 6.13. The molecule has 1 amide bonds. The zero-order valence-corrected chi connectivity index (χ0v) is 18.7. The fraction of sp³-hybridized carbons (Fsp3) is 0.259. The van der Waals surface area contributed by atoms with Crippen LogP contribution in [0.3, 0.4) is 0 Å². The van der Waals surface area contributed by atoms with E-state index in [9.17, 15) is 4.79 Å². The van der Waals surface area contributed by atoms with Crippen molar-refractivity contribution in [3.05, 3.63) is 95.6 Å². The Kier molecular flexibility index (Phi) is 6.26. The summed E-state index contributed by atoms with van der Waals surface area (Å²) < 4.78 is 11.3. The van der Waals surface area contributed by atoms with Crippen molar-refractivity contribution in [2.24, 2.45) is 4.99 Å². The van der Waals surface area contributed by atoms with Crippen molar-refractivity contribution in [3.63, 3.8) is 0 Å². The second kappa shape index (κ2) is 9.27. The van der Waals surface area contributed by atoms with E-state index in [1.807, 2.05) is 75.4 Å². The van der Waals surface area contributed by atoms with Crippen LogP contribution in [0.25, 0.3) is 0 Å². The van der Waals surface area contributed by atoms with Crippen LogP contribution < -0.4 is 10.1 Å². The molecule has 5 heteroatoms. The minimum Gasteiger partial charge on any atom is -0.491 e. The first-order chi connectivity index (χ1) is 15.4. The first-order valence-corrected chi connectivity index (χ1v) is 10.8. The van der Waals surface area contributed by atoms with Crippen molar-refractivity contribution >= 4 is 17.5 Å². The van der Waals surface area contributed by atoms with Gasteiger partial charge in [0.25, 0.3) is 0 Å². The molecule has 0 radical (unpaired) electrons. The van der Waals surface area contributed by atoms with Gasteiger partial charge in [0.05, 0.1) is 17.4 Å². The minimum atomic E-state index is -0.528. The number of amides is 1. The molecule has 1 heterocycles. The SMILES string of the molecule is CC(C)(C)OC(=O)NC1COc2cc(N=C(c3ccccc3)c3ccccc3)ccc2C1. The van der Waals surface area contributed by atoms with Crippen molar-refractivity contribution < 1.29 is 14.3 Å². The number of nitrogens with zero attached hydrogens (tertiary/aromatic N) is 1. The Morgan fingerprint density at radius 3 is 2.19 bits per heavy atom. The molecule has 0 aliphatic carbocycles. The molecule has 0 fully saturated rings. The lowest BCUT2D eigenvalue weighted by molar-refractivity contribution is 0.0481. The predicted molar refractivity (Wildman–Crippen MR) is 127 cm³/mol. The van der Waals surface area contributed by atoms with Gasteiger partial charge in [0.1, 0.15) is 18.0 Å². The standard InChI is InChI=1S/C27H28N2O3/c1-27(2,3)32-26(30)29-23-16-21-14-15-22(17-24(21)31-18-23)28-25(19-10-6-4-7-11-19)20-12-8-5-9-13-20/h4-15,17,23H,16,18H2,1-3H3,(H,29,30). The smallest absolute Gasteiger partial charge is 0.408 e. The van der Waals surface area contributed by atoms with Crippen molar-refractivity contribution in [3.8, 4) is 5.75 Å². The largest absolute Gasteiger partial charge is 0.491 e. The molecule has 1 atom stereocenters. The highest BCUT2D eigenvalue weighted by atomic mass is 16.6. The monoisotopic (exact) mass is 428 g/mol. The Labute approximate surface area is 189 Å². The van der Waals surface area contributed by atoms with Crippen molar-refractivity contribution in [1.82, 2.24) is 5.32 Å². The van der Waals surface area contributed by atoms with E-state index >= 15 is 0 Å². The van der Waals surface area contributed by atoms with Crippen LogP contribution in [0.5, 0.6) is 5.75 Å². The maximum absolute atomic E-state index is 12.1. The molecule has 1 N–H and O–H groups in total. The lowest BCUT2D eigenvalue weighted by Crippen LogP contribution is -2.44. The number of alkyl carbamates (subject to hydrolysis) is 1. The molecule has 0 aromatic heterocycles. The highest BCUT2D eigenvalue weighted by Gasteiger charge is 2.24. The van der Waals surface area contributed by atoms with Crippen LogP contribution in [0.4, 0.5) is 10.5 Å². The van der Waals surface area contributed by atoms with Crippen molar-refractivity contribution in [2.45, 2.75) is 38.8 Å². The Hall–Kier alpha value is -3.60.